The molecule has 1 aromatic heterocycles. The molecule has 2 aromatic rings. The van der Waals surface area contributed by atoms with E-state index in [-0.39, 0.29) is 12.1 Å². The Morgan fingerprint density at radius 1 is 1.33 bits per heavy atom. The number of esters is 1. The second-order valence-corrected chi connectivity index (χ2v) is 7.01. The smallest absolute Gasteiger partial charge is 0.339 e. The average Bonchev–Trinajstić information content (AvgIpc) is 3.11. The summed E-state index contributed by atoms with van der Waals surface area (Å²) in [5, 5.41) is 0.905. The molecule has 2 heterocycles. The van der Waals surface area contributed by atoms with Crippen LogP contribution in [0.3, 0.4) is 0 Å². The highest BCUT2D eigenvalue weighted by atomic mass is 16.6. The number of rotatable bonds is 3. The fourth-order valence-electron chi connectivity index (χ4n) is 3.81. The van der Waals surface area contributed by atoms with Crippen molar-refractivity contribution in [2.24, 2.45) is 5.92 Å². The lowest BCUT2D eigenvalue weighted by molar-refractivity contribution is 0.0161. The lowest BCUT2D eigenvalue weighted by atomic mass is 9.84. The van der Waals surface area contributed by atoms with Gasteiger partial charge in [0.05, 0.1) is 17.2 Å². The van der Waals surface area contributed by atoms with Crippen molar-refractivity contribution in [2.75, 3.05) is 13.2 Å². The van der Waals surface area contributed by atoms with E-state index >= 15 is 0 Å². The molecule has 0 unspecified atom stereocenters. The minimum atomic E-state index is -0.227. The first-order valence-corrected chi connectivity index (χ1v) is 8.91. The number of aromatic nitrogens is 1. The van der Waals surface area contributed by atoms with Crippen molar-refractivity contribution >= 4 is 16.9 Å². The van der Waals surface area contributed by atoms with Gasteiger partial charge in [-0.25, -0.2) is 4.79 Å². The fraction of sp³-hybridized carbons (Fsp3) is 0.500. The number of para-hydroxylation sites is 1. The zero-order chi connectivity index (χ0) is 16.5. The molecule has 4 heteroatoms. The molecule has 126 valence electrons. The van der Waals surface area contributed by atoms with Gasteiger partial charge in [0.1, 0.15) is 6.61 Å². The van der Waals surface area contributed by atoms with Crippen LogP contribution in [-0.2, 0) is 22.3 Å². The largest absolute Gasteiger partial charge is 0.459 e. The van der Waals surface area contributed by atoms with E-state index in [0.29, 0.717) is 12.5 Å². The van der Waals surface area contributed by atoms with Gasteiger partial charge >= 0.3 is 5.97 Å². The van der Waals surface area contributed by atoms with Gasteiger partial charge in [-0.3, -0.25) is 4.98 Å². The molecule has 1 aromatic carbocycles. The van der Waals surface area contributed by atoms with E-state index in [0.717, 1.165) is 66.4 Å². The minimum Gasteiger partial charge on any atom is -0.459 e. The molecule has 0 N–H and O–H groups in total. The molecule has 0 saturated carbocycles. The van der Waals surface area contributed by atoms with Gasteiger partial charge in [-0.1, -0.05) is 25.1 Å². The molecule has 0 radical (unpaired) electrons. The number of benzene rings is 1. The van der Waals surface area contributed by atoms with E-state index in [4.69, 9.17) is 14.5 Å². The van der Waals surface area contributed by atoms with Gasteiger partial charge in [-0.2, -0.15) is 0 Å². The third kappa shape index (κ3) is 2.91. The first-order valence-electron chi connectivity index (χ1n) is 8.91. The van der Waals surface area contributed by atoms with Gasteiger partial charge in [0, 0.05) is 17.7 Å². The van der Waals surface area contributed by atoms with Crippen LogP contribution in [0.5, 0.6) is 0 Å². The molecule has 24 heavy (non-hydrogen) atoms. The molecule has 4 rings (SSSR count). The zero-order valence-corrected chi connectivity index (χ0v) is 14.1. The molecule has 4 nitrogen and oxygen atoms in total. The van der Waals surface area contributed by atoms with Crippen molar-refractivity contribution in [2.45, 2.75) is 45.1 Å². The number of carbonyl (C=O) groups is 1. The van der Waals surface area contributed by atoms with E-state index in [1.165, 1.54) is 0 Å². The van der Waals surface area contributed by atoms with E-state index in [2.05, 4.69) is 6.92 Å². The maximum atomic E-state index is 12.9. The summed E-state index contributed by atoms with van der Waals surface area (Å²) in [4.78, 5) is 17.7. The zero-order valence-electron chi connectivity index (χ0n) is 14.1. The van der Waals surface area contributed by atoms with Crippen LogP contribution < -0.4 is 0 Å². The highest BCUT2D eigenvalue weighted by molar-refractivity contribution is 6.05. The number of nitrogens with zero attached hydrogens (tertiary/aromatic N) is 1. The second kappa shape index (κ2) is 6.52. The van der Waals surface area contributed by atoms with Crippen molar-refractivity contribution < 1.29 is 14.3 Å². The molecule has 1 aliphatic carbocycles. The van der Waals surface area contributed by atoms with Gasteiger partial charge in [0.2, 0.25) is 0 Å². The first-order chi connectivity index (χ1) is 11.7. The van der Waals surface area contributed by atoms with Gasteiger partial charge in [-0.05, 0) is 49.7 Å². The second-order valence-electron chi connectivity index (χ2n) is 7.01. The number of hydrogen-bond acceptors (Lipinski definition) is 4. The summed E-state index contributed by atoms with van der Waals surface area (Å²) in [5.74, 6) is 0.347. The number of carbonyl (C=O) groups excluding carboxylic acids is 1. The Hall–Kier alpha value is -1.94. The third-order valence-electron chi connectivity index (χ3n) is 5.13. The molecule has 0 amide bonds. The number of hydrogen-bond donors (Lipinski definition) is 0. The molecule has 2 aliphatic rings. The van der Waals surface area contributed by atoms with Gasteiger partial charge in [0.15, 0.2) is 0 Å². The monoisotopic (exact) mass is 325 g/mol. The number of ether oxygens (including phenoxy) is 2. The Bertz CT molecular complexity index is 765. The minimum absolute atomic E-state index is 0.0526. The Morgan fingerprint density at radius 2 is 2.21 bits per heavy atom. The average molecular weight is 325 g/mol. The quantitative estimate of drug-likeness (QED) is 0.808. The van der Waals surface area contributed by atoms with Crippen molar-refractivity contribution in [3.05, 3.63) is 41.1 Å². The van der Waals surface area contributed by atoms with Crippen LogP contribution in [0.15, 0.2) is 24.3 Å². The predicted molar refractivity (Wildman–Crippen MR) is 92.2 cm³/mol. The van der Waals surface area contributed by atoms with Crippen LogP contribution >= 0.6 is 0 Å². The normalized spacial score (nSPS) is 23.2. The summed E-state index contributed by atoms with van der Waals surface area (Å²) in [6, 6.07) is 7.88. The number of aryl methyl sites for hydroxylation is 1. The summed E-state index contributed by atoms with van der Waals surface area (Å²) in [6.45, 7) is 3.35. The third-order valence-corrected chi connectivity index (χ3v) is 5.13. The SMILES string of the molecule is C[C@H]1CCc2nc3ccccc3c(C(=O)OC[C@H]3CCCO3)c2C1. The van der Waals surface area contributed by atoms with Crippen LogP contribution in [-0.4, -0.2) is 30.3 Å². The van der Waals surface area contributed by atoms with Crippen LogP contribution in [0.25, 0.3) is 10.9 Å². The predicted octanol–water partition coefficient (Wildman–Crippen LogP) is 3.70. The van der Waals surface area contributed by atoms with E-state index in [1.54, 1.807) is 0 Å². The van der Waals surface area contributed by atoms with Crippen LogP contribution in [0, 0.1) is 5.92 Å². The highest BCUT2D eigenvalue weighted by Gasteiger charge is 2.27. The Labute approximate surface area is 142 Å². The van der Waals surface area contributed by atoms with Gasteiger partial charge < -0.3 is 9.47 Å². The van der Waals surface area contributed by atoms with Crippen LogP contribution in [0.2, 0.25) is 0 Å². The Kier molecular flexibility index (Phi) is 4.23. The summed E-state index contributed by atoms with van der Waals surface area (Å²) in [5.41, 5.74) is 3.76. The molecular weight excluding hydrogens is 302 g/mol. The molecular formula is C20H23NO3. The Balaban J connectivity index is 1.71. The topological polar surface area (TPSA) is 48.4 Å². The van der Waals surface area contributed by atoms with E-state index < -0.39 is 0 Å². The summed E-state index contributed by atoms with van der Waals surface area (Å²) < 4.78 is 11.2. The summed E-state index contributed by atoms with van der Waals surface area (Å²) in [6.07, 6.45) is 5.04. The molecule has 0 bridgehead atoms. The van der Waals surface area contributed by atoms with E-state index in [1.807, 2.05) is 24.3 Å². The van der Waals surface area contributed by atoms with Crippen LogP contribution in [0.1, 0.15) is 47.8 Å². The van der Waals surface area contributed by atoms with Crippen molar-refractivity contribution in [1.29, 1.82) is 0 Å². The van der Waals surface area contributed by atoms with Crippen molar-refractivity contribution in [3.8, 4) is 0 Å². The summed E-state index contributed by atoms with van der Waals surface area (Å²) in [7, 11) is 0. The van der Waals surface area contributed by atoms with Crippen LogP contribution in [0.4, 0.5) is 0 Å². The molecule has 1 fully saturated rings. The lowest BCUT2D eigenvalue weighted by Crippen LogP contribution is -2.22. The maximum Gasteiger partial charge on any atom is 0.339 e. The Morgan fingerprint density at radius 3 is 3.04 bits per heavy atom. The van der Waals surface area contributed by atoms with Crippen molar-refractivity contribution in [3.63, 3.8) is 0 Å². The standard InChI is InChI=1S/C20H23NO3/c1-13-8-9-18-16(11-13)19(15-6-2-3-7-17(15)21-18)20(22)24-12-14-5-4-10-23-14/h2-3,6-7,13-14H,4-5,8-12H2,1H3/t13-,14+/m0/s1. The fourth-order valence-corrected chi connectivity index (χ4v) is 3.81. The molecule has 1 aliphatic heterocycles. The van der Waals surface area contributed by atoms with E-state index in [9.17, 15) is 4.79 Å². The van der Waals surface area contributed by atoms with Gasteiger partial charge in [-0.15, -0.1) is 0 Å². The van der Waals surface area contributed by atoms with Gasteiger partial charge in [0.25, 0.3) is 0 Å². The number of fused-ring (bicyclic) bond motifs is 2. The maximum absolute atomic E-state index is 12.9. The summed E-state index contributed by atoms with van der Waals surface area (Å²) >= 11 is 0. The highest BCUT2D eigenvalue weighted by Crippen LogP contribution is 2.32. The number of pyridine rings is 1. The molecule has 0 spiro atoms. The first kappa shape index (κ1) is 15.6. The molecule has 2 atom stereocenters. The lowest BCUT2D eigenvalue weighted by Gasteiger charge is -2.24. The van der Waals surface area contributed by atoms with Crippen molar-refractivity contribution in [1.82, 2.24) is 4.98 Å². The molecule has 1 saturated heterocycles.